The third-order valence-electron chi connectivity index (χ3n) is 5.16. The van der Waals surface area contributed by atoms with Crippen LogP contribution in [0.1, 0.15) is 31.5 Å². The van der Waals surface area contributed by atoms with E-state index in [-0.39, 0.29) is 4.87 Å². The van der Waals surface area contributed by atoms with Crippen LogP contribution in [0, 0.1) is 0 Å². The lowest BCUT2D eigenvalue weighted by Gasteiger charge is -2.13. The highest BCUT2D eigenvalue weighted by Gasteiger charge is 2.22. The third-order valence-corrected chi connectivity index (χ3v) is 7.40. The molecule has 0 radical (unpaired) electrons. The third kappa shape index (κ3) is 3.29. The zero-order valence-corrected chi connectivity index (χ0v) is 17.0. The standard InChI is InChI=1S/C21H20N4OS2/c26-21-24(17-12-6-7-13-18(17)28-21)14-19-22-23-20(27-16-10-4-5-11-16)25(19)15-8-2-1-3-9-15/h1-3,6-9,12-13,16H,4-5,10-11,14H2. The summed E-state index contributed by atoms with van der Waals surface area (Å²) in [5.74, 6) is 0.789. The first-order valence-electron chi connectivity index (χ1n) is 9.54. The lowest BCUT2D eigenvalue weighted by molar-refractivity contribution is 0.725. The molecule has 1 aliphatic carbocycles. The van der Waals surface area contributed by atoms with E-state index in [1.165, 1.54) is 37.0 Å². The monoisotopic (exact) mass is 408 g/mol. The molecule has 0 atom stereocenters. The van der Waals surface area contributed by atoms with Crippen LogP contribution in [-0.4, -0.2) is 24.6 Å². The molecule has 5 nitrogen and oxygen atoms in total. The minimum atomic E-state index is 0.0359. The van der Waals surface area contributed by atoms with Gasteiger partial charge in [0.25, 0.3) is 0 Å². The first-order valence-corrected chi connectivity index (χ1v) is 11.2. The van der Waals surface area contributed by atoms with Crippen LogP contribution in [0.3, 0.4) is 0 Å². The lowest BCUT2D eigenvalue weighted by atomic mass is 10.3. The number of hydrogen-bond acceptors (Lipinski definition) is 5. The summed E-state index contributed by atoms with van der Waals surface area (Å²) in [4.78, 5) is 12.6. The van der Waals surface area contributed by atoms with Crippen LogP contribution in [0.5, 0.6) is 0 Å². The lowest BCUT2D eigenvalue weighted by Crippen LogP contribution is -2.17. The Hall–Kier alpha value is -2.38. The number of aromatic nitrogens is 4. The second kappa shape index (κ2) is 7.56. The van der Waals surface area contributed by atoms with Crippen LogP contribution >= 0.6 is 23.1 Å². The van der Waals surface area contributed by atoms with Crippen molar-refractivity contribution in [1.82, 2.24) is 19.3 Å². The molecule has 1 saturated carbocycles. The van der Waals surface area contributed by atoms with E-state index < -0.39 is 0 Å². The number of para-hydroxylation sites is 2. The molecule has 28 heavy (non-hydrogen) atoms. The second-order valence-electron chi connectivity index (χ2n) is 7.02. The average Bonchev–Trinajstić information content (AvgIpc) is 3.44. The van der Waals surface area contributed by atoms with E-state index in [4.69, 9.17) is 0 Å². The highest BCUT2D eigenvalue weighted by Crippen LogP contribution is 2.35. The number of thiazole rings is 1. The van der Waals surface area contributed by atoms with Crippen molar-refractivity contribution in [2.24, 2.45) is 0 Å². The van der Waals surface area contributed by atoms with Crippen molar-refractivity contribution in [2.75, 3.05) is 0 Å². The number of thioether (sulfide) groups is 1. The summed E-state index contributed by atoms with van der Waals surface area (Å²) in [5, 5.41) is 10.5. The number of fused-ring (bicyclic) bond motifs is 1. The van der Waals surface area contributed by atoms with Crippen LogP contribution in [0.15, 0.2) is 64.5 Å². The fourth-order valence-electron chi connectivity index (χ4n) is 3.78. The summed E-state index contributed by atoms with van der Waals surface area (Å²) in [6.07, 6.45) is 5.05. The first-order chi connectivity index (χ1) is 13.8. The Morgan fingerprint density at radius 2 is 1.75 bits per heavy atom. The highest BCUT2D eigenvalue weighted by atomic mass is 32.2. The number of hydrogen-bond donors (Lipinski definition) is 0. The van der Waals surface area contributed by atoms with Gasteiger partial charge in [0.2, 0.25) is 0 Å². The van der Waals surface area contributed by atoms with Gasteiger partial charge in [-0.25, -0.2) is 0 Å². The van der Waals surface area contributed by atoms with E-state index >= 15 is 0 Å². The Kier molecular flexibility index (Phi) is 4.78. The smallest absolute Gasteiger partial charge is 0.291 e. The Morgan fingerprint density at radius 3 is 2.57 bits per heavy atom. The maximum Gasteiger partial charge on any atom is 0.308 e. The van der Waals surface area contributed by atoms with Gasteiger partial charge in [0.05, 0.1) is 16.8 Å². The van der Waals surface area contributed by atoms with E-state index in [9.17, 15) is 4.79 Å². The molecule has 2 aromatic heterocycles. The van der Waals surface area contributed by atoms with Crippen molar-refractivity contribution in [1.29, 1.82) is 0 Å². The zero-order valence-electron chi connectivity index (χ0n) is 15.3. The molecule has 0 unspecified atom stereocenters. The van der Waals surface area contributed by atoms with E-state index in [2.05, 4.69) is 26.9 Å². The van der Waals surface area contributed by atoms with Crippen molar-refractivity contribution in [3.8, 4) is 5.69 Å². The minimum absolute atomic E-state index is 0.0359. The largest absolute Gasteiger partial charge is 0.308 e. The molecule has 0 N–H and O–H groups in total. The SMILES string of the molecule is O=c1sc2ccccc2n1Cc1nnc(SC2CCCC2)n1-c1ccccc1. The Morgan fingerprint density at radius 1 is 1.00 bits per heavy atom. The van der Waals surface area contributed by atoms with Gasteiger partial charge in [-0.15, -0.1) is 10.2 Å². The zero-order chi connectivity index (χ0) is 18.9. The number of nitrogens with zero attached hydrogens (tertiary/aromatic N) is 4. The summed E-state index contributed by atoms with van der Waals surface area (Å²) < 4.78 is 4.91. The minimum Gasteiger partial charge on any atom is -0.291 e. The Bertz CT molecular complexity index is 1160. The molecule has 142 valence electrons. The fourth-order valence-corrected chi connectivity index (χ4v) is 5.94. The van der Waals surface area contributed by atoms with Gasteiger partial charge in [-0.3, -0.25) is 13.9 Å². The molecule has 0 spiro atoms. The normalized spacial score (nSPS) is 14.9. The summed E-state index contributed by atoms with van der Waals surface area (Å²) >= 11 is 3.10. The van der Waals surface area contributed by atoms with Crippen LogP contribution in [0.4, 0.5) is 0 Å². The van der Waals surface area contributed by atoms with Gasteiger partial charge < -0.3 is 0 Å². The molecule has 0 bridgehead atoms. The second-order valence-corrected chi connectivity index (χ2v) is 9.28. The van der Waals surface area contributed by atoms with Gasteiger partial charge in [-0.1, -0.05) is 66.3 Å². The van der Waals surface area contributed by atoms with Gasteiger partial charge >= 0.3 is 4.87 Å². The maximum absolute atomic E-state index is 12.6. The molecule has 1 aliphatic rings. The van der Waals surface area contributed by atoms with Crippen molar-refractivity contribution in [3.63, 3.8) is 0 Å². The van der Waals surface area contributed by atoms with E-state index in [1.54, 1.807) is 4.57 Å². The molecule has 7 heteroatoms. The van der Waals surface area contributed by atoms with Crippen molar-refractivity contribution < 1.29 is 0 Å². The van der Waals surface area contributed by atoms with Crippen molar-refractivity contribution in [3.05, 3.63) is 70.1 Å². The van der Waals surface area contributed by atoms with E-state index in [0.717, 1.165) is 26.9 Å². The number of rotatable bonds is 5. The summed E-state index contributed by atoms with van der Waals surface area (Å²) in [5.41, 5.74) is 1.99. The number of benzene rings is 2. The molecule has 2 aromatic carbocycles. The van der Waals surface area contributed by atoms with Gasteiger partial charge in [-0.05, 0) is 37.1 Å². The first kappa shape index (κ1) is 17.7. The molecule has 1 fully saturated rings. The molecular weight excluding hydrogens is 388 g/mol. The predicted molar refractivity (Wildman–Crippen MR) is 115 cm³/mol. The van der Waals surface area contributed by atoms with Gasteiger partial charge in [0, 0.05) is 10.9 Å². The van der Waals surface area contributed by atoms with Gasteiger partial charge in [0.1, 0.15) is 0 Å². The predicted octanol–water partition coefficient (Wildman–Crippen LogP) is 4.73. The summed E-state index contributed by atoms with van der Waals surface area (Å²) in [6.45, 7) is 0.413. The Labute approximate surface area is 171 Å². The molecular formula is C21H20N4OS2. The highest BCUT2D eigenvalue weighted by molar-refractivity contribution is 7.99. The molecule has 0 aliphatic heterocycles. The van der Waals surface area contributed by atoms with Gasteiger partial charge in [-0.2, -0.15) is 0 Å². The Balaban J connectivity index is 1.58. The fraction of sp³-hybridized carbons (Fsp3) is 0.286. The van der Waals surface area contributed by atoms with Crippen LogP contribution in [0.25, 0.3) is 15.9 Å². The average molecular weight is 409 g/mol. The molecule has 2 heterocycles. The summed E-state index contributed by atoms with van der Waals surface area (Å²) in [7, 11) is 0. The summed E-state index contributed by atoms with van der Waals surface area (Å²) in [6, 6.07) is 18.1. The van der Waals surface area contributed by atoms with Crippen molar-refractivity contribution in [2.45, 2.75) is 42.6 Å². The quantitative estimate of drug-likeness (QED) is 0.479. The molecule has 0 saturated heterocycles. The van der Waals surface area contributed by atoms with Crippen LogP contribution in [-0.2, 0) is 6.54 Å². The van der Waals surface area contributed by atoms with Crippen molar-refractivity contribution >= 4 is 33.3 Å². The molecule has 4 aromatic rings. The van der Waals surface area contributed by atoms with Gasteiger partial charge in [0.15, 0.2) is 11.0 Å². The van der Waals surface area contributed by atoms with Crippen LogP contribution < -0.4 is 4.87 Å². The maximum atomic E-state index is 12.6. The molecule has 0 amide bonds. The topological polar surface area (TPSA) is 52.7 Å². The molecule has 5 rings (SSSR count). The van der Waals surface area contributed by atoms with E-state index in [0.29, 0.717) is 11.8 Å². The van der Waals surface area contributed by atoms with E-state index in [1.807, 2.05) is 54.2 Å². The van der Waals surface area contributed by atoms with Crippen LogP contribution in [0.2, 0.25) is 0 Å².